The van der Waals surface area contributed by atoms with E-state index in [-0.39, 0.29) is 33.1 Å². The first-order valence-corrected chi connectivity index (χ1v) is 13.5. The lowest BCUT2D eigenvalue weighted by Crippen LogP contribution is -2.37. The first kappa shape index (κ1) is 28.3. The molecule has 11 heteroatoms. The highest BCUT2D eigenvalue weighted by Gasteiger charge is 2.20. The van der Waals surface area contributed by atoms with E-state index in [1.165, 1.54) is 21.3 Å². The molecule has 2 N–H and O–H groups in total. The van der Waals surface area contributed by atoms with E-state index in [1.54, 1.807) is 61.6 Å². The molecule has 5 rings (SSSR count). The molecule has 0 atom stereocenters. The molecule has 2 aromatic carbocycles. The Hall–Kier alpha value is -4.28. The molecule has 0 spiro atoms. The molecule has 0 unspecified atom stereocenters. The lowest BCUT2D eigenvalue weighted by atomic mass is 9.97. The molecule has 214 valence electrons. The van der Waals surface area contributed by atoms with Crippen LogP contribution in [-0.4, -0.2) is 45.6 Å². The van der Waals surface area contributed by atoms with E-state index in [0.29, 0.717) is 55.2 Å². The van der Waals surface area contributed by atoms with E-state index in [2.05, 4.69) is 5.32 Å². The van der Waals surface area contributed by atoms with Crippen LogP contribution in [0.2, 0.25) is 5.02 Å². The zero-order chi connectivity index (χ0) is 29.3. The van der Waals surface area contributed by atoms with Crippen molar-refractivity contribution in [2.45, 2.75) is 19.9 Å². The maximum Gasteiger partial charge on any atom is 0.332 e. The summed E-state index contributed by atoms with van der Waals surface area (Å²) in [4.78, 5) is 27.7. The topological polar surface area (TPSA) is 93.7 Å². The van der Waals surface area contributed by atoms with Gasteiger partial charge in [-0.15, -0.1) is 0 Å². The number of methoxy groups -OCH3 is 1. The Morgan fingerprint density at radius 1 is 1.07 bits per heavy atom. The lowest BCUT2D eigenvalue weighted by molar-refractivity contribution is 0.190. The van der Waals surface area contributed by atoms with Crippen molar-refractivity contribution in [3.05, 3.63) is 98.6 Å². The van der Waals surface area contributed by atoms with Crippen molar-refractivity contribution < 1.29 is 14.2 Å². The number of aromatic hydroxyl groups is 1. The molecule has 9 nitrogen and oxygen atoms in total. The van der Waals surface area contributed by atoms with Crippen molar-refractivity contribution in [3.63, 3.8) is 0 Å². The van der Waals surface area contributed by atoms with Gasteiger partial charge in [-0.05, 0) is 49.2 Å². The SMILES string of the molecule is COCCCn1cc(-c2cc(F)cc(-c3ccc(-n4ccn(C)c4=O)c(Cl)c3)c2O)cc(N2C=C(C)NCC2)c1=O. The number of halogens is 2. The van der Waals surface area contributed by atoms with Gasteiger partial charge in [0.05, 0.1) is 10.7 Å². The van der Waals surface area contributed by atoms with Gasteiger partial charge < -0.3 is 29.2 Å². The van der Waals surface area contributed by atoms with Gasteiger partial charge >= 0.3 is 5.69 Å². The van der Waals surface area contributed by atoms with Crippen LogP contribution in [0.15, 0.2) is 76.5 Å². The summed E-state index contributed by atoms with van der Waals surface area (Å²) >= 11 is 6.55. The molecule has 3 heterocycles. The van der Waals surface area contributed by atoms with Crippen molar-refractivity contribution in [1.29, 1.82) is 0 Å². The number of benzene rings is 2. The summed E-state index contributed by atoms with van der Waals surface area (Å²) in [6.07, 6.45) is 7.33. The minimum atomic E-state index is -0.566. The van der Waals surface area contributed by atoms with Crippen molar-refractivity contribution in [3.8, 4) is 33.7 Å². The van der Waals surface area contributed by atoms with Gasteiger partial charge in [0.15, 0.2) is 0 Å². The van der Waals surface area contributed by atoms with Crippen molar-refractivity contribution >= 4 is 17.3 Å². The van der Waals surface area contributed by atoms with Crippen LogP contribution in [0.1, 0.15) is 13.3 Å². The minimum Gasteiger partial charge on any atom is -0.507 e. The van der Waals surface area contributed by atoms with Crippen LogP contribution in [0, 0.1) is 5.82 Å². The van der Waals surface area contributed by atoms with Crippen LogP contribution >= 0.6 is 11.6 Å². The van der Waals surface area contributed by atoms with Gasteiger partial charge in [-0.1, -0.05) is 17.7 Å². The molecule has 1 aliphatic rings. The second-order valence-electron chi connectivity index (χ2n) is 9.97. The third kappa shape index (κ3) is 5.66. The number of pyridine rings is 1. The van der Waals surface area contributed by atoms with Gasteiger partial charge in [-0.25, -0.2) is 9.18 Å². The number of allylic oxidation sites excluding steroid dienone is 1. The van der Waals surface area contributed by atoms with E-state index in [1.807, 2.05) is 18.0 Å². The Morgan fingerprint density at radius 3 is 2.49 bits per heavy atom. The Labute approximate surface area is 241 Å². The van der Waals surface area contributed by atoms with E-state index >= 15 is 4.39 Å². The van der Waals surface area contributed by atoms with E-state index in [4.69, 9.17) is 16.3 Å². The first-order chi connectivity index (χ1) is 19.7. The molecule has 0 amide bonds. The smallest absolute Gasteiger partial charge is 0.332 e. The fourth-order valence-electron chi connectivity index (χ4n) is 4.98. The number of phenolic OH excluding ortho intramolecular Hbond substituents is 1. The Balaban J connectivity index is 1.62. The van der Waals surface area contributed by atoms with Crippen molar-refractivity contribution in [2.24, 2.45) is 7.05 Å². The van der Waals surface area contributed by atoms with Crippen LogP contribution in [0.4, 0.5) is 10.1 Å². The third-order valence-electron chi connectivity index (χ3n) is 7.08. The van der Waals surface area contributed by atoms with Crippen LogP contribution in [-0.2, 0) is 18.3 Å². The summed E-state index contributed by atoms with van der Waals surface area (Å²) in [6, 6.07) is 9.07. The molecular formula is C30H31ClFN5O4. The number of aryl methyl sites for hydroxylation is 2. The monoisotopic (exact) mass is 579 g/mol. The van der Waals surface area contributed by atoms with Gasteiger partial charge in [0.25, 0.3) is 5.56 Å². The normalized spacial score (nSPS) is 13.3. The largest absolute Gasteiger partial charge is 0.507 e. The molecule has 0 saturated heterocycles. The van der Waals surface area contributed by atoms with Gasteiger partial charge in [0, 0.05) is 87.6 Å². The predicted molar refractivity (Wildman–Crippen MR) is 158 cm³/mol. The zero-order valence-corrected chi connectivity index (χ0v) is 23.8. The summed E-state index contributed by atoms with van der Waals surface area (Å²) in [5.41, 5.74) is 2.76. The number of rotatable bonds is 8. The molecule has 0 radical (unpaired) electrons. The van der Waals surface area contributed by atoms with E-state index < -0.39 is 5.82 Å². The summed E-state index contributed by atoms with van der Waals surface area (Å²) in [5.74, 6) is -0.726. The lowest BCUT2D eigenvalue weighted by Gasteiger charge is -2.27. The zero-order valence-electron chi connectivity index (χ0n) is 23.0. The summed E-state index contributed by atoms with van der Waals surface area (Å²) in [5, 5.41) is 15.0. The molecule has 0 aliphatic carbocycles. The Morgan fingerprint density at radius 2 is 1.83 bits per heavy atom. The number of phenols is 1. The molecular weight excluding hydrogens is 549 g/mol. The second-order valence-corrected chi connectivity index (χ2v) is 10.4. The van der Waals surface area contributed by atoms with Crippen molar-refractivity contribution in [1.82, 2.24) is 19.0 Å². The standard InChI is InChI=1S/C30H31ClFN5O4/c1-19-17-35(9-7-33-19)27-14-21(18-36(29(27)39)8-4-12-41-3)24-16-22(32)15-23(28(24)38)20-5-6-26(25(31)13-20)37-11-10-34(2)30(37)40/h5-6,10-11,13-18,33,38H,4,7-9,12H2,1-3H3. The van der Waals surface area contributed by atoms with Gasteiger partial charge in [-0.2, -0.15) is 0 Å². The highest BCUT2D eigenvalue weighted by molar-refractivity contribution is 6.32. The fourth-order valence-corrected chi connectivity index (χ4v) is 5.25. The predicted octanol–water partition coefficient (Wildman–Crippen LogP) is 4.48. The van der Waals surface area contributed by atoms with Crippen molar-refractivity contribution in [2.75, 3.05) is 31.7 Å². The third-order valence-corrected chi connectivity index (χ3v) is 7.38. The highest BCUT2D eigenvalue weighted by atomic mass is 35.5. The number of ether oxygens (including phenoxy) is 1. The number of nitrogens with one attached hydrogen (secondary N) is 1. The van der Waals surface area contributed by atoms with Gasteiger partial charge in [0.2, 0.25) is 0 Å². The number of aromatic nitrogens is 3. The number of hydrogen-bond acceptors (Lipinski definition) is 6. The quantitative estimate of drug-likeness (QED) is 0.299. The van der Waals surface area contributed by atoms with Gasteiger partial charge in [0.1, 0.15) is 17.3 Å². The van der Waals surface area contributed by atoms with Gasteiger partial charge in [-0.3, -0.25) is 9.36 Å². The van der Waals surface area contributed by atoms with Crippen LogP contribution in [0.5, 0.6) is 5.75 Å². The molecule has 2 aromatic heterocycles. The highest BCUT2D eigenvalue weighted by Crippen LogP contribution is 2.41. The average molecular weight is 580 g/mol. The summed E-state index contributed by atoms with van der Waals surface area (Å²) in [7, 11) is 3.24. The van der Waals surface area contributed by atoms with Crippen LogP contribution < -0.4 is 21.5 Å². The van der Waals surface area contributed by atoms with Crippen LogP contribution in [0.25, 0.3) is 27.9 Å². The number of imidazole rings is 1. The number of nitrogens with zero attached hydrogens (tertiary/aromatic N) is 4. The summed E-state index contributed by atoms with van der Waals surface area (Å²) in [6.45, 7) is 4.02. The molecule has 41 heavy (non-hydrogen) atoms. The van der Waals surface area contributed by atoms with Crippen LogP contribution in [0.3, 0.4) is 0 Å². The first-order valence-electron chi connectivity index (χ1n) is 13.2. The average Bonchev–Trinajstić information content (AvgIpc) is 3.28. The second kappa shape index (κ2) is 11.7. The van der Waals surface area contributed by atoms with E-state index in [0.717, 1.165) is 5.70 Å². The fraction of sp³-hybridized carbons (Fsp3) is 0.267. The number of anilines is 1. The maximum absolute atomic E-state index is 15.1. The molecule has 4 aromatic rings. The number of hydrogen-bond donors (Lipinski definition) is 2. The summed E-state index contributed by atoms with van der Waals surface area (Å²) < 4.78 is 24.7. The maximum atomic E-state index is 15.1. The van der Waals surface area contributed by atoms with E-state index in [9.17, 15) is 14.7 Å². The molecule has 1 aliphatic heterocycles. The Bertz CT molecular complexity index is 1760. The minimum absolute atomic E-state index is 0.160. The molecule has 0 bridgehead atoms. The Kier molecular flexibility index (Phi) is 8.05. The molecule has 0 saturated carbocycles. The molecule has 0 fully saturated rings.